The Morgan fingerprint density at radius 3 is 1.21 bits per heavy atom. The van der Waals surface area contributed by atoms with Crippen molar-refractivity contribution in [2.24, 2.45) is 0 Å². The van der Waals surface area contributed by atoms with Gasteiger partial charge in [0.2, 0.25) is 0 Å². The van der Waals surface area contributed by atoms with E-state index >= 15 is 0 Å². The summed E-state index contributed by atoms with van der Waals surface area (Å²) in [7, 11) is 0. The maximum atomic E-state index is 9.69. The summed E-state index contributed by atoms with van der Waals surface area (Å²) < 4.78 is 164. The van der Waals surface area contributed by atoms with Gasteiger partial charge < -0.3 is 0 Å². The topological polar surface area (TPSA) is 0 Å². The Hall–Kier alpha value is -8.06. The van der Waals surface area contributed by atoms with Gasteiger partial charge in [-0.05, 0) is 150 Å². The van der Waals surface area contributed by atoms with Crippen LogP contribution in [0.1, 0.15) is 46.9 Å². The van der Waals surface area contributed by atoms with Crippen molar-refractivity contribution in [2.75, 3.05) is 0 Å². The summed E-state index contributed by atoms with van der Waals surface area (Å²) in [5.41, 5.74) is 6.43. The lowest BCUT2D eigenvalue weighted by molar-refractivity contribution is 0.769. The highest BCUT2D eigenvalue weighted by Crippen LogP contribution is 2.58. The Kier molecular flexibility index (Phi) is 4.46. The van der Waals surface area contributed by atoms with Crippen LogP contribution in [0.25, 0.3) is 109 Å². The zero-order chi connectivity index (χ0) is 56.9. The first-order valence-electron chi connectivity index (χ1n) is 29.6. The second-order valence-electron chi connectivity index (χ2n) is 16.1. The van der Waals surface area contributed by atoms with E-state index in [2.05, 4.69) is 6.07 Å². The summed E-state index contributed by atoms with van der Waals surface area (Å²) in [6.07, 6.45) is 0. The predicted molar refractivity (Wildman–Crippen MR) is 267 cm³/mol. The van der Waals surface area contributed by atoms with Crippen LogP contribution in [-0.2, 0) is 5.41 Å². The van der Waals surface area contributed by atoms with Crippen molar-refractivity contribution in [3.63, 3.8) is 0 Å². The molecule has 1 aliphatic carbocycles. The third-order valence-electron chi connectivity index (χ3n) is 12.9. The molecule has 0 heteroatoms. The standard InChI is InChI=1S/C63H38/c1-3-16-49(17-4-1)63(50-18-5-2-6-19-50)57-37-46(45-14-9-15-47(36-45)51-30-24-43-22-20-39-10-7-12-41-26-34-55(51)61(43)59(39)41)28-32-53(57)54-33-29-48(38-58(54)63)52-31-25-44-23-21-40-11-8-13-42-27-35-56(52)62(44)60(40)42/h1-38H/i7D,8D,10D,11D,12D,13D,20D,21D,22D,23D,24D,25D,26D,27D,30D,31D,34D,35D. The van der Waals surface area contributed by atoms with Gasteiger partial charge in [0, 0.05) is 0 Å². The number of hydrogen-bond donors (Lipinski definition) is 0. The fraction of sp³-hybridized carbons (Fsp3) is 0.0159. The first-order chi connectivity index (χ1) is 38.7. The Bertz CT molecular complexity index is 4930. The molecule has 0 aromatic heterocycles. The number of benzene rings is 13. The fourth-order valence-corrected chi connectivity index (χ4v) is 10.2. The average Bonchev–Trinajstić information content (AvgIpc) is 4.00. The molecule has 0 heterocycles. The molecule has 0 spiro atoms. The lowest BCUT2D eigenvalue weighted by atomic mass is 9.67. The third-order valence-corrected chi connectivity index (χ3v) is 12.9. The summed E-state index contributed by atoms with van der Waals surface area (Å²) in [6, 6.07) is 30.8. The van der Waals surface area contributed by atoms with Gasteiger partial charge in [-0.1, -0.05) is 212 Å². The Morgan fingerprint density at radius 1 is 0.286 bits per heavy atom. The molecule has 0 radical (unpaired) electrons. The van der Waals surface area contributed by atoms with Crippen molar-refractivity contribution in [1.29, 1.82) is 0 Å². The molecule has 0 unspecified atom stereocenters. The number of fused-ring (bicyclic) bond motifs is 3. The maximum Gasteiger partial charge on any atom is 0.0713 e. The van der Waals surface area contributed by atoms with Crippen LogP contribution in [0, 0.1) is 0 Å². The van der Waals surface area contributed by atoms with E-state index in [-0.39, 0.29) is 99.9 Å². The molecule has 290 valence electrons. The van der Waals surface area contributed by atoms with E-state index in [1.807, 2.05) is 97.1 Å². The van der Waals surface area contributed by atoms with Crippen LogP contribution in [0.5, 0.6) is 0 Å². The highest BCUT2D eigenvalue weighted by molar-refractivity contribution is 6.26. The van der Waals surface area contributed by atoms with Gasteiger partial charge in [-0.2, -0.15) is 0 Å². The van der Waals surface area contributed by atoms with E-state index in [1.165, 1.54) is 0 Å². The molecule has 0 atom stereocenters. The predicted octanol–water partition coefficient (Wildman–Crippen LogP) is 16.8. The van der Waals surface area contributed by atoms with E-state index in [1.54, 1.807) is 18.2 Å². The molecule has 0 amide bonds. The number of hydrogen-bond acceptors (Lipinski definition) is 0. The highest BCUT2D eigenvalue weighted by atomic mass is 14.5. The molecule has 0 saturated carbocycles. The molecule has 0 N–H and O–H groups in total. The lowest BCUT2D eigenvalue weighted by Crippen LogP contribution is -2.28. The molecule has 14 rings (SSSR count). The van der Waals surface area contributed by atoms with E-state index < -0.39 is 90.0 Å². The fourth-order valence-electron chi connectivity index (χ4n) is 10.2. The van der Waals surface area contributed by atoms with E-state index in [4.69, 9.17) is 13.7 Å². The summed E-state index contributed by atoms with van der Waals surface area (Å²) in [4.78, 5) is 0. The molecule has 63 heavy (non-hydrogen) atoms. The minimum absolute atomic E-state index is 0.0567. The number of rotatable bonds is 5. The van der Waals surface area contributed by atoms with Crippen molar-refractivity contribution in [2.45, 2.75) is 5.41 Å². The highest BCUT2D eigenvalue weighted by Gasteiger charge is 2.46. The van der Waals surface area contributed by atoms with Gasteiger partial charge in [0.25, 0.3) is 0 Å². The average molecular weight is 813 g/mol. The largest absolute Gasteiger partial charge is 0.0713 e. The molecule has 0 nitrogen and oxygen atoms in total. The molecular formula is C63H38. The first-order valence-corrected chi connectivity index (χ1v) is 20.6. The normalized spacial score (nSPS) is 17.2. The minimum Gasteiger partial charge on any atom is -0.0622 e. The SMILES string of the molecule is [2H]c1c([2H])c2c([2H])c([2H])c3c([2H])c([2H])c(-c4cccc(-c5ccc6c(c5)C(c5ccccc5)(c5ccccc5)c5cc(-c7c([2H])c([2H])c8c([2H])c([2H])c9c([2H])c([2H])c([2H])c%10c([2H])c([2H])c7c8c9%10)ccc5-6)c4)c4c([2H])c([2H])c(c1[2H])c2c34. The molecule has 0 bridgehead atoms. The smallest absolute Gasteiger partial charge is 0.0622 e. The van der Waals surface area contributed by atoms with E-state index in [9.17, 15) is 11.0 Å². The van der Waals surface area contributed by atoms with Gasteiger partial charge in [-0.25, -0.2) is 0 Å². The van der Waals surface area contributed by atoms with Crippen molar-refractivity contribution in [3.8, 4) is 44.5 Å². The third kappa shape index (κ3) is 4.81. The quantitative estimate of drug-likeness (QED) is 0.152. The van der Waals surface area contributed by atoms with Gasteiger partial charge in [-0.15, -0.1) is 0 Å². The summed E-state index contributed by atoms with van der Waals surface area (Å²) >= 11 is 0. The maximum absolute atomic E-state index is 9.69. The van der Waals surface area contributed by atoms with Crippen molar-refractivity contribution < 1.29 is 24.7 Å². The molecule has 13 aromatic carbocycles. The Morgan fingerprint density at radius 2 is 0.683 bits per heavy atom. The van der Waals surface area contributed by atoms with Crippen LogP contribution in [0.2, 0.25) is 0 Å². The lowest BCUT2D eigenvalue weighted by Gasteiger charge is -2.34. The van der Waals surface area contributed by atoms with Crippen LogP contribution >= 0.6 is 0 Å². The second kappa shape index (κ2) is 13.0. The summed E-state index contributed by atoms with van der Waals surface area (Å²) in [5, 5.41) is -0.286. The van der Waals surface area contributed by atoms with Gasteiger partial charge in [0.05, 0.1) is 30.1 Å². The molecule has 0 fully saturated rings. The molecule has 13 aromatic rings. The second-order valence-corrected chi connectivity index (χ2v) is 16.1. The molecule has 0 aliphatic heterocycles. The van der Waals surface area contributed by atoms with Crippen LogP contribution in [0.15, 0.2) is 230 Å². The Labute approximate surface area is 390 Å². The first kappa shape index (κ1) is 21.6. The van der Waals surface area contributed by atoms with Crippen LogP contribution in [0.4, 0.5) is 0 Å². The Balaban J connectivity index is 1.03. The monoisotopic (exact) mass is 812 g/mol. The van der Waals surface area contributed by atoms with Crippen molar-refractivity contribution in [1.82, 2.24) is 0 Å². The van der Waals surface area contributed by atoms with Crippen molar-refractivity contribution in [3.05, 3.63) is 252 Å². The minimum atomic E-state index is -1.10. The molecule has 0 saturated heterocycles. The molecule has 1 aliphatic rings. The van der Waals surface area contributed by atoms with Gasteiger partial charge in [0.15, 0.2) is 0 Å². The summed E-state index contributed by atoms with van der Waals surface area (Å²) in [6.45, 7) is 0. The van der Waals surface area contributed by atoms with E-state index in [0.717, 1.165) is 38.9 Å². The zero-order valence-corrected chi connectivity index (χ0v) is 33.0. The van der Waals surface area contributed by atoms with Crippen LogP contribution < -0.4 is 0 Å². The van der Waals surface area contributed by atoms with Gasteiger partial charge >= 0.3 is 0 Å². The zero-order valence-electron chi connectivity index (χ0n) is 51.0. The van der Waals surface area contributed by atoms with Crippen molar-refractivity contribution >= 4 is 64.6 Å². The van der Waals surface area contributed by atoms with Gasteiger partial charge in [-0.3, -0.25) is 0 Å². The summed E-state index contributed by atoms with van der Waals surface area (Å²) in [5.74, 6) is 0. The van der Waals surface area contributed by atoms with Crippen LogP contribution in [0.3, 0.4) is 0 Å². The van der Waals surface area contributed by atoms with Crippen LogP contribution in [-0.4, -0.2) is 0 Å². The van der Waals surface area contributed by atoms with E-state index in [0.29, 0.717) is 16.7 Å². The molecular weight excluding hydrogens is 757 g/mol. The van der Waals surface area contributed by atoms with Gasteiger partial charge in [0.1, 0.15) is 0 Å².